The van der Waals surface area contributed by atoms with Crippen LogP contribution in [0.15, 0.2) is 0 Å². The summed E-state index contributed by atoms with van der Waals surface area (Å²) >= 11 is 0. The van der Waals surface area contributed by atoms with Crippen molar-refractivity contribution in [2.45, 2.75) is 50.6 Å². The van der Waals surface area contributed by atoms with E-state index in [1.165, 1.54) is 25.7 Å². The van der Waals surface area contributed by atoms with Gasteiger partial charge in [-0.25, -0.2) is 0 Å². The van der Waals surface area contributed by atoms with E-state index in [1.54, 1.807) is 0 Å². The summed E-state index contributed by atoms with van der Waals surface area (Å²) < 4.78 is 0. The summed E-state index contributed by atoms with van der Waals surface area (Å²) in [6.45, 7) is 4.70. The van der Waals surface area contributed by atoms with E-state index in [4.69, 9.17) is 0 Å². The van der Waals surface area contributed by atoms with Gasteiger partial charge in [0.1, 0.15) is 0 Å². The topological polar surface area (TPSA) is 12.0 Å². The van der Waals surface area contributed by atoms with Crippen molar-refractivity contribution in [2.24, 2.45) is 0 Å². The summed E-state index contributed by atoms with van der Waals surface area (Å²) in [5.41, 5.74) is 1.05. The zero-order valence-electron chi connectivity index (χ0n) is 6.33. The predicted octanol–water partition coefficient (Wildman–Crippen LogP) is 1.68. The highest BCUT2D eigenvalue weighted by molar-refractivity contribution is 5.08. The zero-order chi connectivity index (χ0) is 6.54. The van der Waals surface area contributed by atoms with Crippen LogP contribution in [0.3, 0.4) is 0 Å². The third-order valence-electron chi connectivity index (χ3n) is 3.06. The van der Waals surface area contributed by atoms with E-state index in [9.17, 15) is 0 Å². The van der Waals surface area contributed by atoms with Crippen molar-refractivity contribution < 1.29 is 0 Å². The molecule has 0 aromatic carbocycles. The maximum Gasteiger partial charge on any atom is 0.0159 e. The maximum atomic E-state index is 3.68. The van der Waals surface area contributed by atoms with E-state index in [2.05, 4.69) is 19.2 Å². The summed E-state index contributed by atoms with van der Waals surface area (Å²) in [6.07, 6.45) is 5.57. The summed E-state index contributed by atoms with van der Waals surface area (Å²) in [5, 5.41) is 3.68. The molecule has 52 valence electrons. The summed E-state index contributed by atoms with van der Waals surface area (Å²) in [6, 6.07) is 0. The second-order valence-electron chi connectivity index (χ2n) is 4.25. The molecule has 0 aromatic heterocycles. The molecule has 2 bridgehead atoms. The molecular formula is C8H15N. The number of hydrogen-bond acceptors (Lipinski definition) is 1. The van der Waals surface area contributed by atoms with Gasteiger partial charge in [-0.05, 0) is 39.5 Å². The Morgan fingerprint density at radius 2 is 1.22 bits per heavy atom. The highest BCUT2D eigenvalue weighted by Crippen LogP contribution is 2.43. The molecule has 0 spiro atoms. The lowest BCUT2D eigenvalue weighted by atomic mass is 9.84. The van der Waals surface area contributed by atoms with E-state index in [0.29, 0.717) is 11.1 Å². The Hall–Kier alpha value is -0.0400. The quantitative estimate of drug-likeness (QED) is 0.519. The van der Waals surface area contributed by atoms with Crippen LogP contribution in [0, 0.1) is 0 Å². The van der Waals surface area contributed by atoms with Gasteiger partial charge >= 0.3 is 0 Å². The molecule has 2 saturated heterocycles. The van der Waals surface area contributed by atoms with Gasteiger partial charge in [-0.3, -0.25) is 0 Å². The van der Waals surface area contributed by atoms with Crippen molar-refractivity contribution in [3.05, 3.63) is 0 Å². The Balaban J connectivity index is 2.25. The lowest BCUT2D eigenvalue weighted by molar-refractivity contribution is 0.416. The minimum Gasteiger partial charge on any atom is -0.306 e. The van der Waals surface area contributed by atoms with E-state index < -0.39 is 0 Å². The molecular weight excluding hydrogens is 110 g/mol. The monoisotopic (exact) mass is 125 g/mol. The standard InChI is InChI=1S/C8H15N/c1-7-3-5-8(2,9-7)6-4-7/h9H,3-6H2,1-2H3. The number of nitrogens with one attached hydrogen (secondary N) is 1. The van der Waals surface area contributed by atoms with Gasteiger partial charge in [0.2, 0.25) is 0 Å². The average Bonchev–Trinajstić information content (AvgIpc) is 2.19. The molecule has 1 heteroatoms. The van der Waals surface area contributed by atoms with Crippen LogP contribution in [0.25, 0.3) is 0 Å². The van der Waals surface area contributed by atoms with Gasteiger partial charge in [0, 0.05) is 11.1 Å². The zero-order valence-corrected chi connectivity index (χ0v) is 6.33. The third kappa shape index (κ3) is 0.710. The minimum atomic E-state index is 0.523. The highest BCUT2D eigenvalue weighted by atomic mass is 15.1. The first-order chi connectivity index (χ1) is 4.12. The maximum absolute atomic E-state index is 3.68. The van der Waals surface area contributed by atoms with Crippen LogP contribution in [0.4, 0.5) is 0 Å². The van der Waals surface area contributed by atoms with Gasteiger partial charge in [0.15, 0.2) is 0 Å². The minimum absolute atomic E-state index is 0.523. The van der Waals surface area contributed by atoms with Crippen LogP contribution in [0.5, 0.6) is 0 Å². The average molecular weight is 125 g/mol. The van der Waals surface area contributed by atoms with Crippen molar-refractivity contribution in [1.29, 1.82) is 0 Å². The van der Waals surface area contributed by atoms with E-state index in [0.717, 1.165) is 0 Å². The largest absolute Gasteiger partial charge is 0.306 e. The molecule has 0 saturated carbocycles. The van der Waals surface area contributed by atoms with Crippen molar-refractivity contribution in [3.8, 4) is 0 Å². The molecule has 1 N–H and O–H groups in total. The second kappa shape index (κ2) is 1.34. The van der Waals surface area contributed by atoms with Crippen LogP contribution >= 0.6 is 0 Å². The Morgan fingerprint density at radius 3 is 1.33 bits per heavy atom. The molecule has 2 aliphatic heterocycles. The lowest BCUT2D eigenvalue weighted by Crippen LogP contribution is -2.37. The molecule has 0 aromatic rings. The number of rotatable bonds is 0. The molecule has 9 heavy (non-hydrogen) atoms. The van der Waals surface area contributed by atoms with Crippen molar-refractivity contribution >= 4 is 0 Å². The molecule has 2 rings (SSSR count). The smallest absolute Gasteiger partial charge is 0.0159 e. The van der Waals surface area contributed by atoms with E-state index in [1.807, 2.05) is 0 Å². The SMILES string of the molecule is CC12CCC(C)(CC1)N2. The van der Waals surface area contributed by atoms with Gasteiger partial charge < -0.3 is 5.32 Å². The molecule has 2 aliphatic rings. The van der Waals surface area contributed by atoms with Gasteiger partial charge in [-0.1, -0.05) is 0 Å². The first kappa shape index (κ1) is 5.72. The molecule has 0 amide bonds. The molecule has 2 heterocycles. The highest BCUT2D eigenvalue weighted by Gasteiger charge is 2.47. The summed E-state index contributed by atoms with van der Waals surface area (Å²) in [7, 11) is 0. The van der Waals surface area contributed by atoms with Crippen molar-refractivity contribution in [3.63, 3.8) is 0 Å². The van der Waals surface area contributed by atoms with Gasteiger partial charge in [-0.2, -0.15) is 0 Å². The molecule has 0 unspecified atom stereocenters. The summed E-state index contributed by atoms with van der Waals surface area (Å²) in [4.78, 5) is 0. The Kier molecular flexibility index (Phi) is 0.852. The first-order valence-electron chi connectivity index (χ1n) is 3.91. The number of hydrogen-bond donors (Lipinski definition) is 1. The lowest BCUT2D eigenvalue weighted by Gasteiger charge is -2.19. The van der Waals surface area contributed by atoms with Gasteiger partial charge in [-0.15, -0.1) is 0 Å². The Morgan fingerprint density at radius 1 is 0.889 bits per heavy atom. The summed E-state index contributed by atoms with van der Waals surface area (Å²) in [5.74, 6) is 0. The second-order valence-corrected chi connectivity index (χ2v) is 4.25. The number of fused-ring (bicyclic) bond motifs is 2. The van der Waals surface area contributed by atoms with E-state index in [-0.39, 0.29) is 0 Å². The van der Waals surface area contributed by atoms with Crippen molar-refractivity contribution in [1.82, 2.24) is 5.32 Å². The van der Waals surface area contributed by atoms with Gasteiger partial charge in [0.05, 0.1) is 0 Å². The Labute approximate surface area is 56.8 Å². The van der Waals surface area contributed by atoms with Crippen molar-refractivity contribution in [2.75, 3.05) is 0 Å². The first-order valence-corrected chi connectivity index (χ1v) is 3.91. The molecule has 2 fully saturated rings. The fraction of sp³-hybridized carbons (Fsp3) is 1.00. The molecule has 0 aliphatic carbocycles. The van der Waals surface area contributed by atoms with Crippen LogP contribution in [-0.4, -0.2) is 11.1 Å². The fourth-order valence-corrected chi connectivity index (χ4v) is 2.33. The normalized spacial score (nSPS) is 56.7. The molecule has 1 nitrogen and oxygen atoms in total. The Bertz CT molecular complexity index is 116. The van der Waals surface area contributed by atoms with E-state index >= 15 is 0 Å². The van der Waals surface area contributed by atoms with Crippen LogP contribution in [0.2, 0.25) is 0 Å². The van der Waals surface area contributed by atoms with Gasteiger partial charge in [0.25, 0.3) is 0 Å². The van der Waals surface area contributed by atoms with Crippen LogP contribution < -0.4 is 5.32 Å². The predicted molar refractivity (Wildman–Crippen MR) is 38.4 cm³/mol. The fourth-order valence-electron chi connectivity index (χ4n) is 2.33. The molecule has 0 radical (unpaired) electrons. The van der Waals surface area contributed by atoms with Crippen LogP contribution in [0.1, 0.15) is 39.5 Å². The third-order valence-corrected chi connectivity index (χ3v) is 3.06. The molecule has 0 atom stereocenters. The van der Waals surface area contributed by atoms with Crippen LogP contribution in [-0.2, 0) is 0 Å².